The highest BCUT2D eigenvalue weighted by atomic mass is 16.7. The molecular weight excluding hydrogens is 206 g/mol. The SMILES string of the molecule is CC(C)C(O)CONC(=O)c1ccccc1. The fraction of sp³-hybridized carbons (Fsp3) is 0.417. The number of amides is 1. The van der Waals surface area contributed by atoms with Crippen molar-refractivity contribution in [2.24, 2.45) is 5.92 Å². The third-order valence-electron chi connectivity index (χ3n) is 2.22. The van der Waals surface area contributed by atoms with Gasteiger partial charge in [-0.05, 0) is 18.1 Å². The summed E-state index contributed by atoms with van der Waals surface area (Å²) in [6.45, 7) is 3.86. The minimum Gasteiger partial charge on any atom is -0.390 e. The molecule has 16 heavy (non-hydrogen) atoms. The Balaban J connectivity index is 2.31. The van der Waals surface area contributed by atoms with Crippen LogP contribution in [0, 0.1) is 5.92 Å². The summed E-state index contributed by atoms with van der Waals surface area (Å²) in [6, 6.07) is 8.77. The number of hydrogen-bond acceptors (Lipinski definition) is 3. The lowest BCUT2D eigenvalue weighted by atomic mass is 10.1. The van der Waals surface area contributed by atoms with Crippen molar-refractivity contribution in [2.75, 3.05) is 6.61 Å². The normalized spacial score (nSPS) is 12.5. The molecule has 1 rings (SSSR count). The van der Waals surface area contributed by atoms with Gasteiger partial charge in [0.1, 0.15) is 6.61 Å². The quantitative estimate of drug-likeness (QED) is 0.741. The van der Waals surface area contributed by atoms with Gasteiger partial charge in [-0.15, -0.1) is 0 Å². The summed E-state index contributed by atoms with van der Waals surface area (Å²) < 4.78 is 0. The van der Waals surface area contributed by atoms with Crippen molar-refractivity contribution < 1.29 is 14.7 Å². The second kappa shape index (κ2) is 6.25. The molecule has 0 aliphatic carbocycles. The zero-order valence-corrected chi connectivity index (χ0v) is 9.51. The smallest absolute Gasteiger partial charge is 0.274 e. The zero-order chi connectivity index (χ0) is 12.0. The molecule has 0 heterocycles. The summed E-state index contributed by atoms with van der Waals surface area (Å²) in [5.41, 5.74) is 2.81. The number of carbonyl (C=O) groups excluding carboxylic acids is 1. The van der Waals surface area contributed by atoms with E-state index in [-0.39, 0.29) is 18.4 Å². The fourth-order valence-electron chi connectivity index (χ4n) is 1.03. The molecule has 4 heteroatoms. The van der Waals surface area contributed by atoms with Gasteiger partial charge in [-0.1, -0.05) is 32.0 Å². The maximum atomic E-state index is 11.5. The molecule has 0 bridgehead atoms. The molecule has 1 atom stereocenters. The van der Waals surface area contributed by atoms with Crippen molar-refractivity contribution in [3.8, 4) is 0 Å². The molecule has 0 aliphatic heterocycles. The molecule has 1 aromatic rings. The number of benzene rings is 1. The molecule has 0 aromatic heterocycles. The lowest BCUT2D eigenvalue weighted by molar-refractivity contribution is -0.0268. The Labute approximate surface area is 95.2 Å². The third kappa shape index (κ3) is 4.00. The van der Waals surface area contributed by atoms with Gasteiger partial charge >= 0.3 is 0 Å². The van der Waals surface area contributed by atoms with E-state index in [4.69, 9.17) is 4.84 Å². The average molecular weight is 223 g/mol. The first-order valence-corrected chi connectivity index (χ1v) is 5.26. The molecule has 0 saturated carbocycles. The molecule has 2 N–H and O–H groups in total. The summed E-state index contributed by atoms with van der Waals surface area (Å²) in [5, 5.41) is 9.43. The van der Waals surface area contributed by atoms with E-state index >= 15 is 0 Å². The standard InChI is InChI=1S/C12H17NO3/c1-9(2)11(14)8-16-13-12(15)10-6-4-3-5-7-10/h3-7,9,11,14H,8H2,1-2H3,(H,13,15). The molecule has 0 radical (unpaired) electrons. The van der Waals surface area contributed by atoms with E-state index in [1.165, 1.54) is 0 Å². The predicted molar refractivity (Wildman–Crippen MR) is 60.7 cm³/mol. The summed E-state index contributed by atoms with van der Waals surface area (Å²) in [4.78, 5) is 16.4. The minimum atomic E-state index is -0.573. The number of hydroxylamine groups is 1. The van der Waals surface area contributed by atoms with E-state index in [9.17, 15) is 9.90 Å². The molecule has 0 spiro atoms. The number of aliphatic hydroxyl groups excluding tert-OH is 1. The monoisotopic (exact) mass is 223 g/mol. The average Bonchev–Trinajstić information content (AvgIpc) is 2.29. The maximum absolute atomic E-state index is 11.5. The Kier molecular flexibility index (Phi) is 4.95. The van der Waals surface area contributed by atoms with E-state index in [0.717, 1.165) is 0 Å². The number of nitrogens with one attached hydrogen (secondary N) is 1. The number of aliphatic hydroxyl groups is 1. The number of hydrogen-bond donors (Lipinski definition) is 2. The van der Waals surface area contributed by atoms with Crippen molar-refractivity contribution in [1.29, 1.82) is 0 Å². The van der Waals surface area contributed by atoms with Crippen molar-refractivity contribution in [1.82, 2.24) is 5.48 Å². The van der Waals surface area contributed by atoms with Crippen molar-refractivity contribution >= 4 is 5.91 Å². The van der Waals surface area contributed by atoms with Crippen LogP contribution in [0.4, 0.5) is 0 Å². The molecule has 0 aliphatic rings. The Morgan fingerprint density at radius 3 is 2.56 bits per heavy atom. The van der Waals surface area contributed by atoms with Crippen LogP contribution in [0.2, 0.25) is 0 Å². The highest BCUT2D eigenvalue weighted by molar-refractivity contribution is 5.93. The molecule has 1 aromatic carbocycles. The van der Waals surface area contributed by atoms with Gasteiger partial charge in [-0.3, -0.25) is 9.63 Å². The molecular formula is C12H17NO3. The summed E-state index contributed by atoms with van der Waals surface area (Å²) in [6.07, 6.45) is -0.573. The summed E-state index contributed by atoms with van der Waals surface area (Å²) in [5.74, 6) is -0.204. The van der Waals surface area contributed by atoms with E-state index in [2.05, 4.69) is 5.48 Å². The van der Waals surface area contributed by atoms with E-state index in [1.54, 1.807) is 24.3 Å². The van der Waals surface area contributed by atoms with Gasteiger partial charge in [-0.2, -0.15) is 0 Å². The first-order chi connectivity index (χ1) is 7.61. The fourth-order valence-corrected chi connectivity index (χ4v) is 1.03. The van der Waals surface area contributed by atoms with Crippen LogP contribution < -0.4 is 5.48 Å². The first kappa shape index (κ1) is 12.7. The Morgan fingerprint density at radius 1 is 1.38 bits per heavy atom. The van der Waals surface area contributed by atoms with Crippen molar-refractivity contribution in [2.45, 2.75) is 20.0 Å². The molecule has 4 nitrogen and oxygen atoms in total. The Morgan fingerprint density at radius 2 is 2.00 bits per heavy atom. The van der Waals surface area contributed by atoms with Crippen LogP contribution in [0.1, 0.15) is 24.2 Å². The van der Waals surface area contributed by atoms with Crippen LogP contribution in [0.25, 0.3) is 0 Å². The van der Waals surface area contributed by atoms with Gasteiger partial charge in [0.2, 0.25) is 0 Å². The van der Waals surface area contributed by atoms with E-state index in [1.807, 2.05) is 19.9 Å². The largest absolute Gasteiger partial charge is 0.390 e. The van der Waals surface area contributed by atoms with Gasteiger partial charge in [0.25, 0.3) is 5.91 Å². The van der Waals surface area contributed by atoms with Crippen LogP contribution in [0.5, 0.6) is 0 Å². The maximum Gasteiger partial charge on any atom is 0.274 e. The molecule has 1 unspecified atom stereocenters. The second-order valence-corrected chi connectivity index (χ2v) is 3.92. The van der Waals surface area contributed by atoms with Crippen molar-refractivity contribution in [3.63, 3.8) is 0 Å². The summed E-state index contributed by atoms with van der Waals surface area (Å²) >= 11 is 0. The van der Waals surface area contributed by atoms with Crippen LogP contribution in [-0.4, -0.2) is 23.7 Å². The Bertz CT molecular complexity index is 324. The topological polar surface area (TPSA) is 58.6 Å². The van der Waals surface area contributed by atoms with Gasteiger partial charge < -0.3 is 5.11 Å². The summed E-state index contributed by atoms with van der Waals surface area (Å²) in [7, 11) is 0. The van der Waals surface area contributed by atoms with Gasteiger partial charge in [0, 0.05) is 5.56 Å². The van der Waals surface area contributed by atoms with Crippen molar-refractivity contribution in [3.05, 3.63) is 35.9 Å². The van der Waals surface area contributed by atoms with Crippen LogP contribution in [-0.2, 0) is 4.84 Å². The molecule has 0 saturated heterocycles. The minimum absolute atomic E-state index is 0.0935. The van der Waals surface area contributed by atoms with Gasteiger partial charge in [-0.25, -0.2) is 5.48 Å². The number of rotatable bonds is 5. The van der Waals surface area contributed by atoms with E-state index in [0.29, 0.717) is 5.56 Å². The predicted octanol–water partition coefficient (Wildman–Crippen LogP) is 1.36. The first-order valence-electron chi connectivity index (χ1n) is 5.26. The lowest BCUT2D eigenvalue weighted by Crippen LogP contribution is -2.30. The van der Waals surface area contributed by atoms with Crippen LogP contribution in [0.15, 0.2) is 30.3 Å². The molecule has 0 fully saturated rings. The van der Waals surface area contributed by atoms with Gasteiger partial charge in [0.15, 0.2) is 0 Å². The van der Waals surface area contributed by atoms with Crippen LogP contribution >= 0.6 is 0 Å². The molecule has 88 valence electrons. The highest BCUT2D eigenvalue weighted by Gasteiger charge is 2.10. The zero-order valence-electron chi connectivity index (χ0n) is 9.51. The highest BCUT2D eigenvalue weighted by Crippen LogP contribution is 2.01. The van der Waals surface area contributed by atoms with Crippen LogP contribution in [0.3, 0.4) is 0 Å². The molecule has 1 amide bonds. The Hall–Kier alpha value is -1.39. The van der Waals surface area contributed by atoms with E-state index < -0.39 is 6.10 Å². The number of carbonyl (C=O) groups is 1. The second-order valence-electron chi connectivity index (χ2n) is 3.92. The lowest BCUT2D eigenvalue weighted by Gasteiger charge is -2.14. The van der Waals surface area contributed by atoms with Gasteiger partial charge in [0.05, 0.1) is 6.10 Å². The third-order valence-corrected chi connectivity index (χ3v) is 2.22.